The molecule has 1 fully saturated rings. The number of aliphatic hydroxyl groups is 3. The van der Waals surface area contributed by atoms with E-state index >= 15 is 0 Å². The van der Waals surface area contributed by atoms with Crippen molar-refractivity contribution in [1.29, 1.82) is 0 Å². The van der Waals surface area contributed by atoms with Crippen LogP contribution in [0.2, 0.25) is 0 Å². The molecule has 0 aromatic heterocycles. The molecule has 10 heteroatoms. The number of aliphatic hydroxyl groups excluding tert-OH is 3. The van der Waals surface area contributed by atoms with Crippen molar-refractivity contribution in [2.24, 2.45) is 0 Å². The maximum atomic E-state index is 10.3. The first-order valence-corrected chi connectivity index (χ1v) is 5.75. The molecule has 16 heavy (non-hydrogen) atoms. The molecule has 0 spiro atoms. The SMILES string of the molecule is [Na+].[Na+].[O-][P+]([O-])([O-])CC[C@H]1OC(O)[C@@H](O)[C@@H]1O. The number of rotatable bonds is 3. The van der Waals surface area contributed by atoms with Crippen LogP contribution in [-0.4, -0.2) is 46.1 Å². The van der Waals surface area contributed by atoms with Crippen LogP contribution in [0, 0.1) is 0 Å². The molecule has 0 radical (unpaired) electrons. The first kappa shape index (κ1) is 20.5. The summed E-state index contributed by atoms with van der Waals surface area (Å²) in [5, 5.41) is 27.1. The molecule has 84 valence electrons. The van der Waals surface area contributed by atoms with E-state index in [1.807, 2.05) is 0 Å². The molecular weight excluding hydrogens is 261 g/mol. The molecule has 1 aliphatic heterocycles. The molecule has 0 amide bonds. The molecular formula is C6H11Na2O7P. The third-order valence-electron chi connectivity index (χ3n) is 2.02. The summed E-state index contributed by atoms with van der Waals surface area (Å²) in [4.78, 5) is 30.8. The summed E-state index contributed by atoms with van der Waals surface area (Å²) in [6, 6.07) is 0. The van der Waals surface area contributed by atoms with E-state index in [2.05, 4.69) is 4.74 Å². The molecule has 0 aromatic rings. The van der Waals surface area contributed by atoms with Gasteiger partial charge in [0.15, 0.2) is 6.29 Å². The summed E-state index contributed by atoms with van der Waals surface area (Å²) >= 11 is 0. The molecule has 1 aliphatic rings. The second-order valence-corrected chi connectivity index (χ2v) is 4.84. The van der Waals surface area contributed by atoms with Crippen LogP contribution in [0.1, 0.15) is 6.42 Å². The van der Waals surface area contributed by atoms with Gasteiger partial charge < -0.3 is 34.7 Å². The van der Waals surface area contributed by atoms with Gasteiger partial charge in [-0.3, -0.25) is 0 Å². The Balaban J connectivity index is 0. The van der Waals surface area contributed by atoms with E-state index in [-0.39, 0.29) is 65.5 Å². The first-order valence-electron chi connectivity index (χ1n) is 4.02. The largest absolute Gasteiger partial charge is 1.00 e. The van der Waals surface area contributed by atoms with Gasteiger partial charge in [-0.1, -0.05) is 0 Å². The normalized spacial score (nSPS) is 34.1. The minimum atomic E-state index is -4.64. The van der Waals surface area contributed by atoms with Crippen LogP contribution in [0.25, 0.3) is 0 Å². The van der Waals surface area contributed by atoms with E-state index in [9.17, 15) is 19.8 Å². The van der Waals surface area contributed by atoms with Crippen LogP contribution in [0.3, 0.4) is 0 Å². The number of ether oxygens (including phenoxy) is 1. The van der Waals surface area contributed by atoms with Crippen LogP contribution >= 0.6 is 7.94 Å². The van der Waals surface area contributed by atoms with Gasteiger partial charge >= 0.3 is 59.1 Å². The second kappa shape index (κ2) is 8.35. The van der Waals surface area contributed by atoms with Gasteiger partial charge in [-0.2, -0.15) is 7.94 Å². The second-order valence-electron chi connectivity index (χ2n) is 3.17. The topological polar surface area (TPSA) is 139 Å². The van der Waals surface area contributed by atoms with Gasteiger partial charge in [-0.25, -0.2) is 0 Å². The summed E-state index contributed by atoms with van der Waals surface area (Å²) in [5.74, 6) is 0. The molecule has 7 nitrogen and oxygen atoms in total. The molecule has 0 aliphatic carbocycles. The predicted octanol–water partition coefficient (Wildman–Crippen LogP) is -10.3. The summed E-state index contributed by atoms with van der Waals surface area (Å²) in [6.07, 6.45) is -6.29. The van der Waals surface area contributed by atoms with E-state index in [0.717, 1.165) is 0 Å². The molecule has 1 unspecified atom stereocenters. The average Bonchev–Trinajstić information content (AvgIpc) is 2.28. The van der Waals surface area contributed by atoms with Crippen molar-refractivity contribution < 1.29 is 93.9 Å². The molecule has 0 aromatic carbocycles. The Morgan fingerprint density at radius 1 is 1.00 bits per heavy atom. The van der Waals surface area contributed by atoms with E-state index in [4.69, 9.17) is 10.2 Å². The van der Waals surface area contributed by atoms with Gasteiger partial charge in [0.2, 0.25) is 0 Å². The fraction of sp³-hybridized carbons (Fsp3) is 1.00. The summed E-state index contributed by atoms with van der Waals surface area (Å²) in [5.41, 5.74) is 0. The number of hydrogen-bond donors (Lipinski definition) is 3. The molecule has 3 N–H and O–H groups in total. The van der Waals surface area contributed by atoms with E-state index < -0.39 is 38.7 Å². The smallest absolute Gasteiger partial charge is 0.688 e. The van der Waals surface area contributed by atoms with Crippen molar-refractivity contribution in [3.63, 3.8) is 0 Å². The summed E-state index contributed by atoms with van der Waals surface area (Å²) < 4.78 is 4.64. The molecule has 1 saturated heterocycles. The molecule has 0 saturated carbocycles. The first-order chi connectivity index (χ1) is 6.31. The van der Waals surface area contributed by atoms with Gasteiger partial charge in [0.25, 0.3) is 0 Å². The van der Waals surface area contributed by atoms with Gasteiger partial charge in [0.1, 0.15) is 12.2 Å². The number of hydrogen-bond acceptors (Lipinski definition) is 7. The Bertz CT molecular complexity index is 202. The monoisotopic (exact) mass is 272 g/mol. The van der Waals surface area contributed by atoms with Crippen molar-refractivity contribution in [1.82, 2.24) is 0 Å². The molecule has 1 rings (SSSR count). The van der Waals surface area contributed by atoms with Crippen LogP contribution in [0.5, 0.6) is 0 Å². The fourth-order valence-electron chi connectivity index (χ4n) is 1.25. The quantitative estimate of drug-likeness (QED) is 0.342. The zero-order valence-corrected chi connectivity index (χ0v) is 14.0. The third-order valence-corrected chi connectivity index (χ3v) is 2.83. The van der Waals surface area contributed by atoms with Crippen molar-refractivity contribution in [3.05, 3.63) is 0 Å². The van der Waals surface area contributed by atoms with Crippen LogP contribution < -0.4 is 73.8 Å². The Hall–Kier alpha value is 2.15. The maximum Gasteiger partial charge on any atom is 1.00 e. The average molecular weight is 272 g/mol. The summed E-state index contributed by atoms with van der Waals surface area (Å²) in [7, 11) is -4.64. The minimum Gasteiger partial charge on any atom is -0.688 e. The van der Waals surface area contributed by atoms with Gasteiger partial charge in [-0.15, -0.1) is 0 Å². The van der Waals surface area contributed by atoms with Crippen molar-refractivity contribution in [2.45, 2.75) is 31.0 Å². The molecule has 1 heterocycles. The summed E-state index contributed by atoms with van der Waals surface area (Å²) in [6.45, 7) is 0. The van der Waals surface area contributed by atoms with Gasteiger partial charge in [0.05, 0.1) is 6.10 Å². The fourth-order valence-corrected chi connectivity index (χ4v) is 1.82. The zero-order valence-electron chi connectivity index (χ0n) is 9.15. The van der Waals surface area contributed by atoms with Crippen molar-refractivity contribution in [2.75, 3.05) is 6.16 Å². The van der Waals surface area contributed by atoms with E-state index in [1.165, 1.54) is 0 Å². The van der Waals surface area contributed by atoms with Gasteiger partial charge in [0, 0.05) is 12.6 Å². The van der Waals surface area contributed by atoms with E-state index in [1.54, 1.807) is 0 Å². The maximum absolute atomic E-state index is 10.3. The Labute approximate surface area is 138 Å². The van der Waals surface area contributed by atoms with Crippen LogP contribution in [0.15, 0.2) is 0 Å². The Kier molecular flexibility index (Phi) is 10.7. The molecule has 0 bridgehead atoms. The molecule has 4 atom stereocenters. The predicted molar refractivity (Wildman–Crippen MR) is 39.3 cm³/mol. The van der Waals surface area contributed by atoms with Crippen molar-refractivity contribution in [3.8, 4) is 0 Å². The van der Waals surface area contributed by atoms with E-state index in [0.29, 0.717) is 0 Å². The minimum absolute atomic E-state index is 0. The standard InChI is InChI=1S/C6H13O7P.2Na/c7-4-3(1-2-14(10,11)12)13-6(9)5(4)8;;/h3-9H,1-2H2,(H2,10,11,12);;/q;2*+1/p-2/t3-,4-,5+,6?;;/m1../s1. The Morgan fingerprint density at radius 2 is 1.50 bits per heavy atom. The van der Waals surface area contributed by atoms with Crippen LogP contribution in [-0.2, 0) is 4.74 Å². The van der Waals surface area contributed by atoms with Gasteiger partial charge in [-0.05, 0) is 0 Å². The van der Waals surface area contributed by atoms with Crippen LogP contribution in [0.4, 0.5) is 0 Å². The Morgan fingerprint density at radius 3 is 1.81 bits per heavy atom. The zero-order chi connectivity index (χ0) is 10.9. The van der Waals surface area contributed by atoms with Crippen molar-refractivity contribution >= 4 is 7.94 Å². The third kappa shape index (κ3) is 6.36.